The van der Waals surface area contributed by atoms with Gasteiger partial charge in [0.05, 0.1) is 0 Å². The quantitative estimate of drug-likeness (QED) is 0.846. The van der Waals surface area contributed by atoms with Crippen LogP contribution in [0.5, 0.6) is 0 Å². The van der Waals surface area contributed by atoms with Crippen LogP contribution in [0.1, 0.15) is 25.8 Å². The Hall–Kier alpha value is -1.13. The average molecular weight is 262 g/mol. The van der Waals surface area contributed by atoms with E-state index in [4.69, 9.17) is 0 Å². The Bertz CT molecular complexity index is 355. The van der Waals surface area contributed by atoms with Gasteiger partial charge in [-0.15, -0.1) is 0 Å². The van der Waals surface area contributed by atoms with Crippen molar-refractivity contribution in [2.24, 2.45) is 0 Å². The fourth-order valence-electron chi connectivity index (χ4n) is 2.49. The first-order valence-electron chi connectivity index (χ1n) is 7.46. The Morgan fingerprint density at radius 1 is 1.16 bits per heavy atom. The Labute approximate surface area is 116 Å². The van der Waals surface area contributed by atoms with E-state index >= 15 is 0 Å². The highest BCUT2D eigenvalue weighted by Gasteiger charge is 2.16. The van der Waals surface area contributed by atoms with E-state index in [1.54, 1.807) is 0 Å². The molecule has 1 saturated heterocycles. The van der Waals surface area contributed by atoms with Crippen LogP contribution in [-0.4, -0.2) is 49.2 Å². The van der Waals surface area contributed by atoms with E-state index in [9.17, 15) is 0 Å². The molecule has 1 aliphatic heterocycles. The van der Waals surface area contributed by atoms with Crippen LogP contribution in [-0.2, 0) is 6.54 Å². The van der Waals surface area contributed by atoms with Crippen molar-refractivity contribution < 1.29 is 0 Å². The number of rotatable bonds is 6. The summed E-state index contributed by atoms with van der Waals surface area (Å²) in [6.45, 7) is 12.0. The molecular weight excluding hydrogens is 236 g/mol. The van der Waals surface area contributed by atoms with Crippen LogP contribution in [0.3, 0.4) is 0 Å². The maximum atomic E-state index is 4.59. The second kappa shape index (κ2) is 7.46. The number of piperazine rings is 1. The highest BCUT2D eigenvalue weighted by atomic mass is 15.3. The predicted molar refractivity (Wildman–Crippen MR) is 80.6 cm³/mol. The second-order valence-electron chi connectivity index (χ2n) is 5.13. The molecule has 1 aromatic rings. The average Bonchev–Trinajstić information content (AvgIpc) is 2.47. The molecule has 0 bridgehead atoms. The maximum Gasteiger partial charge on any atom is 0.128 e. The van der Waals surface area contributed by atoms with Crippen molar-refractivity contribution in [3.63, 3.8) is 0 Å². The third-order valence-corrected chi connectivity index (χ3v) is 3.62. The molecule has 1 fully saturated rings. The van der Waals surface area contributed by atoms with Crippen molar-refractivity contribution >= 4 is 5.82 Å². The van der Waals surface area contributed by atoms with E-state index < -0.39 is 0 Å². The number of nitrogens with zero attached hydrogens (tertiary/aromatic N) is 3. The summed E-state index contributed by atoms with van der Waals surface area (Å²) in [4.78, 5) is 9.52. The molecule has 106 valence electrons. The first kappa shape index (κ1) is 14.3. The third kappa shape index (κ3) is 4.18. The van der Waals surface area contributed by atoms with Crippen molar-refractivity contribution in [1.82, 2.24) is 15.2 Å². The molecule has 2 rings (SSSR count). The van der Waals surface area contributed by atoms with Gasteiger partial charge in [0.1, 0.15) is 5.82 Å². The van der Waals surface area contributed by atoms with Gasteiger partial charge in [0.15, 0.2) is 0 Å². The summed E-state index contributed by atoms with van der Waals surface area (Å²) in [5, 5.41) is 3.32. The highest BCUT2D eigenvalue weighted by molar-refractivity contribution is 5.39. The molecule has 19 heavy (non-hydrogen) atoms. The number of anilines is 1. The van der Waals surface area contributed by atoms with E-state index in [2.05, 4.69) is 46.1 Å². The van der Waals surface area contributed by atoms with Crippen LogP contribution in [0.25, 0.3) is 0 Å². The van der Waals surface area contributed by atoms with Crippen LogP contribution in [0.2, 0.25) is 0 Å². The van der Waals surface area contributed by atoms with Gasteiger partial charge >= 0.3 is 0 Å². The monoisotopic (exact) mass is 262 g/mol. The van der Waals surface area contributed by atoms with Gasteiger partial charge in [0.2, 0.25) is 0 Å². The van der Waals surface area contributed by atoms with Crippen molar-refractivity contribution in [1.29, 1.82) is 0 Å². The number of hydrogen-bond donors (Lipinski definition) is 1. The molecule has 0 atom stereocenters. The summed E-state index contributed by atoms with van der Waals surface area (Å²) in [7, 11) is 0. The smallest absolute Gasteiger partial charge is 0.128 e. The highest BCUT2D eigenvalue weighted by Crippen LogP contribution is 2.14. The zero-order valence-corrected chi connectivity index (χ0v) is 12.2. The lowest BCUT2D eigenvalue weighted by molar-refractivity contribution is 0.258. The molecule has 0 aliphatic carbocycles. The molecule has 0 aromatic carbocycles. The molecule has 0 spiro atoms. The van der Waals surface area contributed by atoms with Crippen LogP contribution in [0.15, 0.2) is 18.3 Å². The predicted octanol–water partition coefficient (Wildman–Crippen LogP) is 1.72. The van der Waals surface area contributed by atoms with E-state index in [0.717, 1.165) is 45.1 Å². The molecule has 0 unspecified atom stereocenters. The molecule has 0 amide bonds. The van der Waals surface area contributed by atoms with Gasteiger partial charge in [-0.2, -0.15) is 0 Å². The van der Waals surface area contributed by atoms with E-state index in [1.165, 1.54) is 18.5 Å². The van der Waals surface area contributed by atoms with Gasteiger partial charge in [0.25, 0.3) is 0 Å². The van der Waals surface area contributed by atoms with Crippen molar-refractivity contribution in [2.45, 2.75) is 26.8 Å². The summed E-state index contributed by atoms with van der Waals surface area (Å²) < 4.78 is 0. The van der Waals surface area contributed by atoms with Crippen LogP contribution < -0.4 is 10.2 Å². The van der Waals surface area contributed by atoms with Crippen LogP contribution in [0, 0.1) is 0 Å². The Balaban J connectivity index is 1.85. The van der Waals surface area contributed by atoms with Crippen LogP contribution in [0.4, 0.5) is 5.82 Å². The van der Waals surface area contributed by atoms with Gasteiger partial charge < -0.3 is 10.2 Å². The second-order valence-corrected chi connectivity index (χ2v) is 5.13. The lowest BCUT2D eigenvalue weighted by Crippen LogP contribution is -2.46. The first-order valence-corrected chi connectivity index (χ1v) is 7.46. The molecular formula is C15H26N4. The minimum absolute atomic E-state index is 0.911. The van der Waals surface area contributed by atoms with Crippen LogP contribution >= 0.6 is 0 Å². The lowest BCUT2D eigenvalue weighted by atomic mass is 10.2. The van der Waals surface area contributed by atoms with E-state index in [-0.39, 0.29) is 0 Å². The Kier molecular flexibility index (Phi) is 5.61. The van der Waals surface area contributed by atoms with Gasteiger partial charge in [-0.05, 0) is 31.1 Å². The van der Waals surface area contributed by atoms with Gasteiger partial charge in [-0.25, -0.2) is 4.98 Å². The van der Waals surface area contributed by atoms with Gasteiger partial charge in [0, 0.05) is 38.9 Å². The molecule has 0 saturated carbocycles. The molecule has 1 aromatic heterocycles. The molecule has 4 nitrogen and oxygen atoms in total. The topological polar surface area (TPSA) is 31.4 Å². The summed E-state index contributed by atoms with van der Waals surface area (Å²) in [6, 6.07) is 4.34. The van der Waals surface area contributed by atoms with E-state index in [1.807, 2.05) is 6.20 Å². The van der Waals surface area contributed by atoms with Crippen molar-refractivity contribution in [3.8, 4) is 0 Å². The summed E-state index contributed by atoms with van der Waals surface area (Å²) in [5.41, 5.74) is 1.26. The van der Waals surface area contributed by atoms with Gasteiger partial charge in [-0.1, -0.05) is 19.9 Å². The normalized spacial score (nSPS) is 16.8. The van der Waals surface area contributed by atoms with Crippen molar-refractivity contribution in [2.75, 3.05) is 44.2 Å². The Morgan fingerprint density at radius 3 is 2.53 bits per heavy atom. The third-order valence-electron chi connectivity index (χ3n) is 3.62. The summed E-state index contributed by atoms with van der Waals surface area (Å²) >= 11 is 0. The molecule has 1 N–H and O–H groups in total. The van der Waals surface area contributed by atoms with Gasteiger partial charge in [-0.3, -0.25) is 4.90 Å². The number of hydrogen-bond acceptors (Lipinski definition) is 4. The number of nitrogens with one attached hydrogen (secondary N) is 1. The SMILES string of the molecule is CCCN1CCN(c2ccc(CNCC)cn2)CC1. The number of aromatic nitrogens is 1. The lowest BCUT2D eigenvalue weighted by Gasteiger charge is -2.35. The zero-order valence-electron chi connectivity index (χ0n) is 12.2. The fraction of sp³-hybridized carbons (Fsp3) is 0.667. The molecule has 0 radical (unpaired) electrons. The molecule has 2 heterocycles. The van der Waals surface area contributed by atoms with E-state index in [0.29, 0.717) is 0 Å². The minimum atomic E-state index is 0.911. The first-order chi connectivity index (χ1) is 9.33. The standard InChI is InChI=1S/C15H26N4/c1-3-7-18-8-10-19(11-9-18)15-6-5-14(13-17-15)12-16-4-2/h5-6,13,16H,3-4,7-12H2,1-2H3. The molecule has 4 heteroatoms. The molecule has 1 aliphatic rings. The maximum absolute atomic E-state index is 4.59. The minimum Gasteiger partial charge on any atom is -0.354 e. The summed E-state index contributed by atoms with van der Waals surface area (Å²) in [6.07, 6.45) is 3.24. The fourth-order valence-corrected chi connectivity index (χ4v) is 2.49. The number of pyridine rings is 1. The van der Waals surface area contributed by atoms with Crippen molar-refractivity contribution in [3.05, 3.63) is 23.9 Å². The summed E-state index contributed by atoms with van der Waals surface area (Å²) in [5.74, 6) is 1.12. The Morgan fingerprint density at radius 2 is 1.95 bits per heavy atom. The zero-order chi connectivity index (χ0) is 13.5. The largest absolute Gasteiger partial charge is 0.354 e.